The number of nitrogens with two attached hydrogens (primary N) is 1. The van der Waals surface area contributed by atoms with E-state index in [2.05, 4.69) is 17.4 Å². The first-order chi connectivity index (χ1) is 17.7. The number of carbonyl (C=O) groups excluding carboxylic acids is 3. The lowest BCUT2D eigenvalue weighted by Crippen LogP contribution is -2.46. The highest BCUT2D eigenvalue weighted by molar-refractivity contribution is 5.83. The highest BCUT2D eigenvalue weighted by atomic mass is 16.6. The largest absolute Gasteiger partial charge is 0.458 e. The number of nitrogens with one attached hydrogen (secondary N) is 1. The van der Waals surface area contributed by atoms with Crippen molar-refractivity contribution in [1.82, 2.24) is 5.32 Å². The number of hydrogen-bond donors (Lipinski definition) is 2. The average Bonchev–Trinajstić information content (AvgIpc) is 3.19. The van der Waals surface area contributed by atoms with E-state index in [4.69, 9.17) is 15.2 Å². The van der Waals surface area contributed by atoms with Crippen molar-refractivity contribution in [1.29, 1.82) is 0 Å². The van der Waals surface area contributed by atoms with E-state index in [1.807, 2.05) is 66.7 Å². The van der Waals surface area contributed by atoms with E-state index in [-0.39, 0.29) is 25.4 Å². The molecule has 3 aromatic rings. The number of ether oxygens (including phenoxy) is 2. The summed E-state index contributed by atoms with van der Waals surface area (Å²) in [6.45, 7) is 3.71. The van der Waals surface area contributed by atoms with Gasteiger partial charge in [0.1, 0.15) is 18.2 Å². The molecule has 192 valence electrons. The Balaban J connectivity index is 1.40. The molecule has 3 aromatic carbocycles. The maximum absolute atomic E-state index is 13.0. The average molecular weight is 501 g/mol. The van der Waals surface area contributed by atoms with E-state index >= 15 is 0 Å². The molecular weight excluding hydrogens is 468 g/mol. The lowest BCUT2D eigenvalue weighted by molar-refractivity contribution is -0.159. The van der Waals surface area contributed by atoms with Crippen LogP contribution in [0, 0.1) is 0 Å². The van der Waals surface area contributed by atoms with Crippen LogP contribution in [0.3, 0.4) is 0 Å². The van der Waals surface area contributed by atoms with Crippen LogP contribution in [0.1, 0.15) is 49.3 Å². The highest BCUT2D eigenvalue weighted by Gasteiger charge is 2.32. The molecule has 3 N–H and O–H groups in total. The van der Waals surface area contributed by atoms with E-state index in [1.54, 1.807) is 13.8 Å². The Morgan fingerprint density at radius 1 is 0.892 bits per heavy atom. The molecule has 7 heteroatoms. The van der Waals surface area contributed by atoms with Gasteiger partial charge in [-0.15, -0.1) is 0 Å². The molecule has 37 heavy (non-hydrogen) atoms. The zero-order valence-corrected chi connectivity index (χ0v) is 21.1. The van der Waals surface area contributed by atoms with Crippen LogP contribution >= 0.6 is 0 Å². The van der Waals surface area contributed by atoms with Gasteiger partial charge < -0.3 is 20.5 Å². The topological polar surface area (TPSA) is 108 Å². The summed E-state index contributed by atoms with van der Waals surface area (Å²) >= 11 is 0. The van der Waals surface area contributed by atoms with Gasteiger partial charge in [0.15, 0.2) is 0 Å². The number of rotatable bonds is 10. The Morgan fingerprint density at radius 2 is 1.46 bits per heavy atom. The molecule has 0 fully saturated rings. The van der Waals surface area contributed by atoms with Crippen LogP contribution in [0.15, 0.2) is 78.9 Å². The Bertz CT molecular complexity index is 1230. The number of carbonyl (C=O) groups is 3. The third kappa shape index (κ3) is 6.55. The van der Waals surface area contributed by atoms with Gasteiger partial charge >= 0.3 is 12.1 Å². The fourth-order valence-electron chi connectivity index (χ4n) is 4.78. The Hall–Kier alpha value is -4.13. The van der Waals surface area contributed by atoms with Gasteiger partial charge in [-0.2, -0.15) is 0 Å². The number of hydrogen-bond acceptors (Lipinski definition) is 5. The second-order valence-corrected chi connectivity index (χ2v) is 9.87. The number of benzene rings is 3. The summed E-state index contributed by atoms with van der Waals surface area (Å²) in [4.78, 5) is 37.2. The Kier molecular flexibility index (Phi) is 7.92. The van der Waals surface area contributed by atoms with E-state index in [0.29, 0.717) is 6.42 Å². The normalized spacial score (nSPS) is 13.2. The molecule has 0 heterocycles. The number of amides is 2. The molecule has 1 atom stereocenters. The smallest absolute Gasteiger partial charge is 0.407 e. The second-order valence-electron chi connectivity index (χ2n) is 9.87. The summed E-state index contributed by atoms with van der Waals surface area (Å²) in [6, 6.07) is 24.7. The Morgan fingerprint density at radius 3 is 2.05 bits per heavy atom. The minimum Gasteiger partial charge on any atom is -0.458 e. The fraction of sp³-hybridized carbons (Fsp3) is 0.300. The van der Waals surface area contributed by atoms with Gasteiger partial charge in [0, 0.05) is 18.8 Å². The number of alkyl carbamates (subject to hydrolysis) is 1. The molecule has 0 spiro atoms. The van der Waals surface area contributed by atoms with Crippen molar-refractivity contribution in [2.24, 2.45) is 5.73 Å². The minimum absolute atomic E-state index is 0.0137. The highest BCUT2D eigenvalue weighted by Crippen LogP contribution is 2.44. The molecule has 2 amide bonds. The maximum Gasteiger partial charge on any atom is 0.407 e. The van der Waals surface area contributed by atoms with Gasteiger partial charge in [0.05, 0.1) is 0 Å². The summed E-state index contributed by atoms with van der Waals surface area (Å²) in [6.07, 6.45) is -0.329. The van der Waals surface area contributed by atoms with Crippen LogP contribution in [-0.4, -0.2) is 36.2 Å². The molecule has 4 rings (SSSR count). The van der Waals surface area contributed by atoms with Crippen LogP contribution in [0.25, 0.3) is 11.1 Å². The number of fused-ring (bicyclic) bond motifs is 3. The van der Waals surface area contributed by atoms with Gasteiger partial charge in [-0.1, -0.05) is 78.9 Å². The summed E-state index contributed by atoms with van der Waals surface area (Å²) < 4.78 is 11.3. The summed E-state index contributed by atoms with van der Waals surface area (Å²) in [5.41, 5.74) is 9.90. The standard InChI is InChI=1S/C30H32N2O5/c1-30(2,18-20-10-4-3-5-11-20)37-28(34)26(16-17-27(31)33)32-29(35)36-19-25-23-14-8-6-12-21(23)22-13-7-9-15-24(22)25/h3-15,25-26H,16-19H2,1-2H3,(H2,31,33)(H,32,35)/t26-/m0/s1. The predicted molar refractivity (Wildman–Crippen MR) is 141 cm³/mol. The van der Waals surface area contributed by atoms with Gasteiger partial charge in [0.25, 0.3) is 0 Å². The van der Waals surface area contributed by atoms with Crippen molar-refractivity contribution in [3.05, 3.63) is 95.6 Å². The first-order valence-electron chi connectivity index (χ1n) is 12.4. The van der Waals surface area contributed by atoms with Crippen LogP contribution in [0.5, 0.6) is 0 Å². The fourth-order valence-corrected chi connectivity index (χ4v) is 4.78. The summed E-state index contributed by atoms with van der Waals surface area (Å²) in [7, 11) is 0. The third-order valence-corrected chi connectivity index (χ3v) is 6.45. The monoisotopic (exact) mass is 500 g/mol. The molecule has 0 saturated carbocycles. The molecule has 7 nitrogen and oxygen atoms in total. The lowest BCUT2D eigenvalue weighted by Gasteiger charge is -2.28. The summed E-state index contributed by atoms with van der Waals surface area (Å²) in [5, 5.41) is 2.59. The van der Waals surface area contributed by atoms with E-state index in [1.165, 1.54) is 0 Å². The third-order valence-electron chi connectivity index (χ3n) is 6.45. The molecule has 0 saturated heterocycles. The zero-order chi connectivity index (χ0) is 26.4. The van der Waals surface area contributed by atoms with Crippen molar-refractivity contribution in [2.45, 2.75) is 50.7 Å². The zero-order valence-electron chi connectivity index (χ0n) is 21.1. The van der Waals surface area contributed by atoms with E-state index in [9.17, 15) is 14.4 Å². The molecule has 0 bridgehead atoms. The molecule has 0 aromatic heterocycles. The minimum atomic E-state index is -1.07. The lowest BCUT2D eigenvalue weighted by atomic mass is 9.98. The van der Waals surface area contributed by atoms with E-state index in [0.717, 1.165) is 27.8 Å². The maximum atomic E-state index is 13.0. The van der Waals surface area contributed by atoms with Gasteiger partial charge in [-0.05, 0) is 48.1 Å². The van der Waals surface area contributed by atoms with Crippen molar-refractivity contribution in [3.8, 4) is 11.1 Å². The van der Waals surface area contributed by atoms with Crippen molar-refractivity contribution in [3.63, 3.8) is 0 Å². The van der Waals surface area contributed by atoms with Crippen LogP contribution in [0.4, 0.5) is 4.79 Å². The van der Waals surface area contributed by atoms with Crippen molar-refractivity contribution < 1.29 is 23.9 Å². The summed E-state index contributed by atoms with van der Waals surface area (Å²) in [5.74, 6) is -1.33. The molecular formula is C30H32N2O5. The predicted octanol–water partition coefficient (Wildman–Crippen LogP) is 4.72. The first kappa shape index (κ1) is 25.9. The van der Waals surface area contributed by atoms with Crippen molar-refractivity contribution >= 4 is 18.0 Å². The molecule has 0 radical (unpaired) electrons. The number of primary amides is 1. The molecule has 0 unspecified atom stereocenters. The van der Waals surface area contributed by atoms with E-state index < -0.39 is 29.6 Å². The quantitative estimate of drug-likeness (QED) is 0.392. The van der Waals surface area contributed by atoms with Crippen LogP contribution in [-0.2, 0) is 25.5 Å². The van der Waals surface area contributed by atoms with Gasteiger partial charge in [-0.3, -0.25) is 4.79 Å². The second kappa shape index (κ2) is 11.3. The van der Waals surface area contributed by atoms with Gasteiger partial charge in [0.2, 0.25) is 5.91 Å². The van der Waals surface area contributed by atoms with Gasteiger partial charge in [-0.25, -0.2) is 9.59 Å². The Labute approximate surface area is 217 Å². The van der Waals surface area contributed by atoms with Crippen molar-refractivity contribution in [2.75, 3.05) is 6.61 Å². The van der Waals surface area contributed by atoms with Crippen LogP contribution in [0.2, 0.25) is 0 Å². The number of esters is 1. The SMILES string of the molecule is CC(C)(Cc1ccccc1)OC(=O)[C@H](CCC(N)=O)NC(=O)OCC1c2ccccc2-c2ccccc21. The first-order valence-corrected chi connectivity index (χ1v) is 12.4. The van der Waals surface area contributed by atoms with Crippen LogP contribution < -0.4 is 11.1 Å². The molecule has 1 aliphatic rings. The molecule has 1 aliphatic carbocycles. The molecule has 0 aliphatic heterocycles.